The first-order valence-electron chi connectivity index (χ1n) is 6.00. The van der Waals surface area contributed by atoms with Gasteiger partial charge in [-0.2, -0.15) is 0 Å². The van der Waals surface area contributed by atoms with Crippen LogP contribution in [0.15, 0.2) is 23.8 Å². The lowest BCUT2D eigenvalue weighted by atomic mass is 10.1. The lowest BCUT2D eigenvalue weighted by Crippen LogP contribution is -2.12. The van der Waals surface area contributed by atoms with Crippen molar-refractivity contribution in [3.05, 3.63) is 40.1 Å². The van der Waals surface area contributed by atoms with Crippen molar-refractivity contribution in [2.75, 3.05) is 0 Å². The zero-order valence-corrected chi connectivity index (χ0v) is 11.2. The third-order valence-corrected chi connectivity index (χ3v) is 4.19. The zero-order chi connectivity index (χ0) is 12.3. The molecule has 2 heterocycles. The van der Waals surface area contributed by atoms with Crippen molar-refractivity contribution < 1.29 is 0 Å². The smallest absolute Gasteiger partial charge is 0.108 e. The average molecular weight is 249 g/mol. The third-order valence-electron chi connectivity index (χ3n) is 3.10. The van der Waals surface area contributed by atoms with E-state index >= 15 is 0 Å². The summed E-state index contributed by atoms with van der Waals surface area (Å²) in [6, 6.07) is 2.32. The molecule has 1 atom stereocenters. The van der Waals surface area contributed by atoms with Gasteiger partial charge in [0.25, 0.3) is 0 Å². The fourth-order valence-corrected chi connectivity index (χ4v) is 3.05. The van der Waals surface area contributed by atoms with E-state index in [1.165, 1.54) is 10.4 Å². The minimum atomic E-state index is 0.140. The summed E-state index contributed by atoms with van der Waals surface area (Å²) in [7, 11) is 2.02. The number of thiophene rings is 1. The van der Waals surface area contributed by atoms with E-state index in [1.54, 1.807) is 11.3 Å². The van der Waals surface area contributed by atoms with Crippen molar-refractivity contribution in [2.24, 2.45) is 12.8 Å². The Morgan fingerprint density at radius 1 is 1.53 bits per heavy atom. The Hall–Kier alpha value is -1.13. The van der Waals surface area contributed by atoms with Crippen LogP contribution in [0.5, 0.6) is 0 Å². The molecule has 0 aromatic carbocycles. The van der Waals surface area contributed by atoms with Crippen molar-refractivity contribution in [2.45, 2.75) is 32.2 Å². The third kappa shape index (κ3) is 2.76. The second-order valence-electron chi connectivity index (χ2n) is 4.26. The molecule has 0 aliphatic carbocycles. The summed E-state index contributed by atoms with van der Waals surface area (Å²) in [4.78, 5) is 5.66. The van der Waals surface area contributed by atoms with Gasteiger partial charge in [-0.1, -0.05) is 6.92 Å². The van der Waals surface area contributed by atoms with Gasteiger partial charge in [-0.15, -0.1) is 11.3 Å². The van der Waals surface area contributed by atoms with E-state index in [1.807, 2.05) is 19.4 Å². The van der Waals surface area contributed by atoms with Gasteiger partial charge in [0, 0.05) is 36.8 Å². The molecule has 1 unspecified atom stereocenters. The van der Waals surface area contributed by atoms with Crippen molar-refractivity contribution in [1.82, 2.24) is 9.55 Å². The Kier molecular flexibility index (Phi) is 3.97. The molecular weight excluding hydrogens is 230 g/mol. The molecule has 3 nitrogen and oxygen atoms in total. The van der Waals surface area contributed by atoms with Gasteiger partial charge in [0.1, 0.15) is 5.82 Å². The number of nitrogens with zero attached hydrogens (tertiary/aromatic N) is 2. The van der Waals surface area contributed by atoms with Gasteiger partial charge >= 0.3 is 0 Å². The highest BCUT2D eigenvalue weighted by molar-refractivity contribution is 7.10. The van der Waals surface area contributed by atoms with E-state index in [0.29, 0.717) is 0 Å². The van der Waals surface area contributed by atoms with Gasteiger partial charge < -0.3 is 10.3 Å². The number of hydrogen-bond donors (Lipinski definition) is 1. The van der Waals surface area contributed by atoms with Crippen molar-refractivity contribution in [3.63, 3.8) is 0 Å². The van der Waals surface area contributed by atoms with Gasteiger partial charge in [-0.05, 0) is 29.9 Å². The molecule has 92 valence electrons. The summed E-state index contributed by atoms with van der Waals surface area (Å²) in [5.74, 6) is 1.11. The Bertz CT molecular complexity index is 472. The summed E-state index contributed by atoms with van der Waals surface area (Å²) in [6.07, 6.45) is 6.77. The van der Waals surface area contributed by atoms with E-state index in [0.717, 1.165) is 25.1 Å². The van der Waals surface area contributed by atoms with Crippen molar-refractivity contribution in [3.8, 4) is 0 Å². The Morgan fingerprint density at radius 2 is 2.35 bits per heavy atom. The molecule has 2 aromatic rings. The van der Waals surface area contributed by atoms with Crippen LogP contribution < -0.4 is 5.73 Å². The molecule has 4 heteroatoms. The molecule has 2 N–H and O–H groups in total. The zero-order valence-electron chi connectivity index (χ0n) is 10.4. The molecule has 0 spiro atoms. The number of aryl methyl sites for hydroxylation is 3. The predicted octanol–water partition coefficient (Wildman–Crippen LogP) is 2.68. The molecule has 0 amide bonds. The first-order valence-corrected chi connectivity index (χ1v) is 6.88. The number of hydrogen-bond acceptors (Lipinski definition) is 3. The number of imidazole rings is 1. The van der Waals surface area contributed by atoms with E-state index in [4.69, 9.17) is 5.73 Å². The molecule has 0 aliphatic rings. The molecule has 0 saturated heterocycles. The van der Waals surface area contributed by atoms with Crippen LogP contribution >= 0.6 is 11.3 Å². The van der Waals surface area contributed by atoms with Crippen LogP contribution in [0.4, 0.5) is 0 Å². The maximum atomic E-state index is 6.26. The van der Waals surface area contributed by atoms with Crippen LogP contribution in [0.1, 0.15) is 35.7 Å². The molecular formula is C13H19N3S. The minimum absolute atomic E-state index is 0.140. The standard InChI is InChI=1S/C13H19N3S/c1-3-10-6-9-17-13(10)11(14)4-5-12-15-7-8-16(12)2/h6-9,11H,3-5,14H2,1-2H3. The molecule has 2 aromatic heterocycles. The lowest BCUT2D eigenvalue weighted by molar-refractivity contribution is 0.625. The highest BCUT2D eigenvalue weighted by Gasteiger charge is 2.12. The number of rotatable bonds is 5. The van der Waals surface area contributed by atoms with Crippen LogP contribution in [0.3, 0.4) is 0 Å². The van der Waals surface area contributed by atoms with Gasteiger partial charge in [0.15, 0.2) is 0 Å². The van der Waals surface area contributed by atoms with Crippen molar-refractivity contribution >= 4 is 11.3 Å². The summed E-state index contributed by atoms with van der Waals surface area (Å²) < 4.78 is 2.06. The predicted molar refractivity (Wildman–Crippen MR) is 72.2 cm³/mol. The minimum Gasteiger partial charge on any atom is -0.338 e. The number of nitrogens with two attached hydrogens (primary N) is 1. The van der Waals surface area contributed by atoms with Crippen LogP contribution in [0.2, 0.25) is 0 Å². The first kappa shape index (κ1) is 12.3. The summed E-state index contributed by atoms with van der Waals surface area (Å²) in [5.41, 5.74) is 7.65. The van der Waals surface area contributed by atoms with Crippen LogP contribution in [0, 0.1) is 0 Å². The topological polar surface area (TPSA) is 43.8 Å². The van der Waals surface area contributed by atoms with E-state index in [9.17, 15) is 0 Å². The Morgan fingerprint density at radius 3 is 3.00 bits per heavy atom. The highest BCUT2D eigenvalue weighted by Crippen LogP contribution is 2.26. The van der Waals surface area contributed by atoms with Crippen molar-refractivity contribution in [1.29, 1.82) is 0 Å². The highest BCUT2D eigenvalue weighted by atomic mass is 32.1. The largest absolute Gasteiger partial charge is 0.338 e. The molecule has 0 saturated carbocycles. The fourth-order valence-electron chi connectivity index (χ4n) is 2.02. The van der Waals surface area contributed by atoms with Crippen LogP contribution in [-0.2, 0) is 19.9 Å². The second-order valence-corrected chi connectivity index (χ2v) is 5.21. The van der Waals surface area contributed by atoms with Gasteiger partial charge in [-0.25, -0.2) is 4.98 Å². The monoisotopic (exact) mass is 249 g/mol. The summed E-state index contributed by atoms with van der Waals surface area (Å²) in [5, 5.41) is 2.13. The molecule has 0 bridgehead atoms. The maximum absolute atomic E-state index is 6.26. The fraction of sp³-hybridized carbons (Fsp3) is 0.462. The summed E-state index contributed by atoms with van der Waals surface area (Å²) >= 11 is 1.77. The van der Waals surface area contributed by atoms with Gasteiger partial charge in [0.05, 0.1) is 0 Å². The SMILES string of the molecule is CCc1ccsc1C(N)CCc1nccn1C. The second kappa shape index (κ2) is 5.47. The van der Waals surface area contributed by atoms with Crippen LogP contribution in [-0.4, -0.2) is 9.55 Å². The first-order chi connectivity index (χ1) is 8.22. The lowest BCUT2D eigenvalue weighted by Gasteiger charge is -2.11. The Labute approximate surface area is 106 Å². The number of aromatic nitrogens is 2. The summed E-state index contributed by atoms with van der Waals surface area (Å²) in [6.45, 7) is 2.18. The van der Waals surface area contributed by atoms with E-state index < -0.39 is 0 Å². The van der Waals surface area contributed by atoms with E-state index in [2.05, 4.69) is 27.9 Å². The van der Waals surface area contributed by atoms with Crippen LogP contribution in [0.25, 0.3) is 0 Å². The average Bonchev–Trinajstić information content (AvgIpc) is 2.94. The Balaban J connectivity index is 1.98. The van der Waals surface area contributed by atoms with Gasteiger partial charge in [-0.3, -0.25) is 0 Å². The molecule has 2 rings (SSSR count). The molecule has 17 heavy (non-hydrogen) atoms. The maximum Gasteiger partial charge on any atom is 0.108 e. The quantitative estimate of drug-likeness (QED) is 0.885. The molecule has 0 aliphatic heterocycles. The molecule has 0 fully saturated rings. The normalized spacial score (nSPS) is 12.9. The van der Waals surface area contributed by atoms with Gasteiger partial charge in [0.2, 0.25) is 0 Å². The van der Waals surface area contributed by atoms with E-state index in [-0.39, 0.29) is 6.04 Å². The molecule has 0 radical (unpaired) electrons.